The highest BCUT2D eigenvalue weighted by Gasteiger charge is 2.26. The molecule has 2 aromatic carbocycles. The predicted octanol–water partition coefficient (Wildman–Crippen LogP) is 4.03. The minimum absolute atomic E-state index is 0.0129. The minimum Gasteiger partial charge on any atom is -0.508 e. The molecule has 0 unspecified atom stereocenters. The number of rotatable bonds is 3. The molecule has 0 spiro atoms. The maximum Gasteiger partial charge on any atom is 0.129 e. The van der Waals surface area contributed by atoms with Gasteiger partial charge in [-0.25, -0.2) is 0 Å². The van der Waals surface area contributed by atoms with Gasteiger partial charge in [-0.2, -0.15) is 0 Å². The maximum absolute atomic E-state index is 10.2. The summed E-state index contributed by atoms with van der Waals surface area (Å²) in [6, 6.07) is 8.23. The van der Waals surface area contributed by atoms with E-state index >= 15 is 0 Å². The van der Waals surface area contributed by atoms with Crippen molar-refractivity contribution in [3.8, 4) is 23.0 Å². The zero-order valence-electron chi connectivity index (χ0n) is 13.9. The van der Waals surface area contributed by atoms with Gasteiger partial charge in [-0.1, -0.05) is 23.8 Å². The van der Waals surface area contributed by atoms with E-state index in [1.807, 2.05) is 19.9 Å². The van der Waals surface area contributed by atoms with Crippen molar-refractivity contribution >= 4 is 0 Å². The smallest absolute Gasteiger partial charge is 0.129 e. The number of fused-ring (bicyclic) bond motifs is 1. The normalized spacial score (nSPS) is 16.2. The summed E-state index contributed by atoms with van der Waals surface area (Å²) in [5.41, 5.74) is 3.78. The van der Waals surface area contributed by atoms with Gasteiger partial charge in [0.05, 0.1) is 6.61 Å². The Bertz CT molecular complexity index is 788. The van der Waals surface area contributed by atoms with Crippen molar-refractivity contribution in [3.05, 3.63) is 58.7 Å². The van der Waals surface area contributed by atoms with E-state index in [0.29, 0.717) is 13.0 Å². The Hall–Kier alpha value is -2.62. The highest BCUT2D eigenvalue weighted by molar-refractivity contribution is 5.53. The molecule has 0 fully saturated rings. The topological polar surface area (TPSA) is 69.9 Å². The first-order valence-corrected chi connectivity index (χ1v) is 8.07. The van der Waals surface area contributed by atoms with Crippen LogP contribution in [0.15, 0.2) is 42.0 Å². The fourth-order valence-corrected chi connectivity index (χ4v) is 3.10. The molecule has 3 N–H and O–H groups in total. The predicted molar refractivity (Wildman–Crippen MR) is 93.0 cm³/mol. The zero-order valence-corrected chi connectivity index (χ0v) is 13.9. The fourth-order valence-electron chi connectivity index (χ4n) is 3.10. The molecule has 1 aliphatic rings. The highest BCUT2D eigenvalue weighted by Crippen LogP contribution is 2.41. The van der Waals surface area contributed by atoms with Crippen molar-refractivity contribution in [1.82, 2.24) is 0 Å². The largest absolute Gasteiger partial charge is 0.508 e. The van der Waals surface area contributed by atoms with Gasteiger partial charge >= 0.3 is 0 Å². The SMILES string of the molecule is CC(C)=CCc1c(O)ccc2c1OC[C@H](c1ccc(O)cc1O)C2. The Labute approximate surface area is 141 Å². The van der Waals surface area contributed by atoms with Crippen LogP contribution >= 0.6 is 0 Å². The van der Waals surface area contributed by atoms with E-state index in [1.165, 1.54) is 11.6 Å². The molecule has 0 bridgehead atoms. The Morgan fingerprint density at radius 2 is 1.92 bits per heavy atom. The molecule has 0 amide bonds. The number of benzene rings is 2. The maximum atomic E-state index is 10.2. The van der Waals surface area contributed by atoms with Gasteiger partial charge in [0.25, 0.3) is 0 Å². The van der Waals surface area contributed by atoms with Gasteiger partial charge in [0.1, 0.15) is 23.0 Å². The van der Waals surface area contributed by atoms with E-state index in [0.717, 1.165) is 28.9 Å². The summed E-state index contributed by atoms with van der Waals surface area (Å²) in [5, 5.41) is 29.7. The van der Waals surface area contributed by atoms with Crippen LogP contribution in [-0.2, 0) is 12.8 Å². The molecule has 1 atom stereocenters. The molecule has 4 nitrogen and oxygen atoms in total. The molecule has 126 valence electrons. The first kappa shape index (κ1) is 16.2. The van der Waals surface area contributed by atoms with Crippen LogP contribution in [0, 0.1) is 0 Å². The molecular formula is C20H22O4. The molecule has 4 heteroatoms. The second-order valence-electron chi connectivity index (χ2n) is 6.49. The van der Waals surface area contributed by atoms with E-state index in [9.17, 15) is 15.3 Å². The summed E-state index contributed by atoms with van der Waals surface area (Å²) in [6.07, 6.45) is 3.42. The van der Waals surface area contributed by atoms with E-state index < -0.39 is 0 Å². The molecule has 0 aromatic heterocycles. The second-order valence-corrected chi connectivity index (χ2v) is 6.49. The number of aromatic hydroxyl groups is 3. The van der Waals surface area contributed by atoms with Crippen LogP contribution in [-0.4, -0.2) is 21.9 Å². The molecule has 1 aliphatic heterocycles. The number of allylic oxidation sites excluding steroid dienone is 2. The molecule has 1 heterocycles. The van der Waals surface area contributed by atoms with Crippen LogP contribution < -0.4 is 4.74 Å². The van der Waals surface area contributed by atoms with Crippen molar-refractivity contribution in [3.63, 3.8) is 0 Å². The molecular weight excluding hydrogens is 304 g/mol. The number of phenols is 3. The van der Waals surface area contributed by atoms with Gasteiger partial charge in [0.15, 0.2) is 0 Å². The number of hydrogen-bond donors (Lipinski definition) is 3. The third kappa shape index (κ3) is 3.18. The lowest BCUT2D eigenvalue weighted by Crippen LogP contribution is -2.20. The van der Waals surface area contributed by atoms with Crippen LogP contribution in [0.3, 0.4) is 0 Å². The molecule has 24 heavy (non-hydrogen) atoms. The van der Waals surface area contributed by atoms with Gasteiger partial charge in [0.2, 0.25) is 0 Å². The van der Waals surface area contributed by atoms with Gasteiger partial charge in [-0.05, 0) is 44.4 Å². The molecule has 0 saturated heterocycles. The molecule has 0 aliphatic carbocycles. The number of hydrogen-bond acceptors (Lipinski definition) is 4. The Balaban J connectivity index is 1.91. The van der Waals surface area contributed by atoms with Gasteiger partial charge in [-0.3, -0.25) is 0 Å². The molecule has 0 radical (unpaired) electrons. The van der Waals surface area contributed by atoms with E-state index in [2.05, 4.69) is 6.08 Å². The van der Waals surface area contributed by atoms with Crippen LogP contribution in [0.25, 0.3) is 0 Å². The van der Waals surface area contributed by atoms with Crippen LogP contribution in [0.5, 0.6) is 23.0 Å². The molecule has 2 aromatic rings. The average Bonchev–Trinajstić information content (AvgIpc) is 2.53. The van der Waals surface area contributed by atoms with E-state index in [4.69, 9.17) is 4.74 Å². The average molecular weight is 326 g/mol. The van der Waals surface area contributed by atoms with Gasteiger partial charge < -0.3 is 20.1 Å². The number of phenolic OH excluding ortho intramolecular Hbond substituents is 3. The first-order valence-electron chi connectivity index (χ1n) is 8.07. The van der Waals surface area contributed by atoms with Crippen LogP contribution in [0.1, 0.15) is 36.5 Å². The fraction of sp³-hybridized carbons (Fsp3) is 0.300. The Morgan fingerprint density at radius 1 is 1.12 bits per heavy atom. The van der Waals surface area contributed by atoms with Gasteiger partial charge in [0, 0.05) is 23.1 Å². The second kappa shape index (κ2) is 6.48. The van der Waals surface area contributed by atoms with Crippen molar-refractivity contribution in [2.24, 2.45) is 0 Å². The van der Waals surface area contributed by atoms with Crippen LogP contribution in [0.4, 0.5) is 0 Å². The third-order valence-corrected chi connectivity index (χ3v) is 4.38. The van der Waals surface area contributed by atoms with Crippen LogP contribution in [0.2, 0.25) is 0 Å². The lowest BCUT2D eigenvalue weighted by atomic mass is 9.88. The Morgan fingerprint density at radius 3 is 2.62 bits per heavy atom. The van der Waals surface area contributed by atoms with E-state index in [-0.39, 0.29) is 23.2 Å². The molecule has 0 saturated carbocycles. The summed E-state index contributed by atoms with van der Waals surface area (Å²) >= 11 is 0. The monoisotopic (exact) mass is 326 g/mol. The standard InChI is InChI=1S/C20H22O4/c1-12(2)3-6-17-18(22)8-4-13-9-14(11-24-20(13)17)16-7-5-15(21)10-19(16)23/h3-5,7-8,10,14,21-23H,6,9,11H2,1-2H3/t14-/m1/s1. The minimum atomic E-state index is 0.0129. The van der Waals surface area contributed by atoms with Crippen molar-refractivity contribution in [1.29, 1.82) is 0 Å². The zero-order chi connectivity index (χ0) is 17.3. The lowest BCUT2D eigenvalue weighted by molar-refractivity contribution is 0.255. The summed E-state index contributed by atoms with van der Waals surface area (Å²) in [7, 11) is 0. The van der Waals surface area contributed by atoms with E-state index in [1.54, 1.807) is 18.2 Å². The molecule has 3 rings (SSSR count). The first-order chi connectivity index (χ1) is 11.5. The van der Waals surface area contributed by atoms with Crippen molar-refractivity contribution < 1.29 is 20.1 Å². The summed E-state index contributed by atoms with van der Waals surface area (Å²) in [6.45, 7) is 4.48. The highest BCUT2D eigenvalue weighted by atomic mass is 16.5. The van der Waals surface area contributed by atoms with Gasteiger partial charge in [-0.15, -0.1) is 0 Å². The summed E-state index contributed by atoms with van der Waals surface area (Å²) in [5.74, 6) is 1.14. The Kier molecular flexibility index (Phi) is 4.38. The third-order valence-electron chi connectivity index (χ3n) is 4.38. The van der Waals surface area contributed by atoms with Crippen molar-refractivity contribution in [2.45, 2.75) is 32.6 Å². The summed E-state index contributed by atoms with van der Waals surface area (Å²) in [4.78, 5) is 0. The summed E-state index contributed by atoms with van der Waals surface area (Å²) < 4.78 is 5.96. The lowest BCUT2D eigenvalue weighted by Gasteiger charge is -2.28. The van der Waals surface area contributed by atoms with Crippen molar-refractivity contribution in [2.75, 3.05) is 6.61 Å². The quantitative estimate of drug-likeness (QED) is 0.745. The number of ether oxygens (including phenoxy) is 1.